The average molecular weight is 304 g/mol. The number of carbonyl (C=O) groups is 1. The summed E-state index contributed by atoms with van der Waals surface area (Å²) in [4.78, 5) is 12.2. The molecule has 2 saturated heterocycles. The number of ether oxygens (including phenoxy) is 3. The van der Waals surface area contributed by atoms with E-state index in [9.17, 15) is 4.79 Å². The molecule has 22 heavy (non-hydrogen) atoms. The predicted octanol–water partition coefficient (Wildman–Crippen LogP) is 2.57. The minimum absolute atomic E-state index is 0.0262. The van der Waals surface area contributed by atoms with E-state index in [1.165, 1.54) is 25.7 Å². The molecule has 5 atom stereocenters. The minimum atomic E-state index is -0.457. The molecule has 0 N–H and O–H groups in total. The molecule has 4 heteroatoms. The van der Waals surface area contributed by atoms with E-state index in [1.807, 2.05) is 6.08 Å². The van der Waals surface area contributed by atoms with Crippen LogP contribution in [0.4, 0.5) is 0 Å². The maximum absolute atomic E-state index is 12.2. The van der Waals surface area contributed by atoms with E-state index >= 15 is 0 Å². The predicted molar refractivity (Wildman–Crippen MR) is 81.6 cm³/mol. The van der Waals surface area contributed by atoms with Gasteiger partial charge in [0.2, 0.25) is 0 Å². The molecule has 4 nitrogen and oxygen atoms in total. The standard InChI is InChI=1S/C18H24O4/c1-17(14(22-17)8-7-12-5-3-4-6-12)16-15(20-2)13(19)9-10-18(16)11-21-18/h7,9-10,14-16H,3-6,8,11H2,1-2H3/t14-,15-,16-,17+,18+/m1/s1. The molecule has 0 bridgehead atoms. The SMILES string of the molecule is CO[C@@H]1C(=O)C=C[C@]2(CO2)[C@H]1[C@@]1(C)O[C@@H]1CC=C1CCCC1. The molecular formula is C18H24O4. The zero-order valence-electron chi connectivity index (χ0n) is 13.3. The van der Waals surface area contributed by atoms with Crippen molar-refractivity contribution in [3.05, 3.63) is 23.8 Å². The first-order chi connectivity index (χ1) is 10.6. The second-order valence-corrected chi connectivity index (χ2v) is 7.21. The fourth-order valence-corrected chi connectivity index (χ4v) is 4.37. The van der Waals surface area contributed by atoms with Gasteiger partial charge in [-0.15, -0.1) is 0 Å². The number of methoxy groups -OCH3 is 1. The smallest absolute Gasteiger partial charge is 0.184 e. The van der Waals surface area contributed by atoms with Gasteiger partial charge < -0.3 is 14.2 Å². The highest BCUT2D eigenvalue weighted by Gasteiger charge is 2.70. The van der Waals surface area contributed by atoms with Gasteiger partial charge in [0, 0.05) is 7.11 Å². The topological polar surface area (TPSA) is 51.4 Å². The molecule has 2 heterocycles. The molecule has 3 fully saturated rings. The van der Waals surface area contributed by atoms with E-state index in [-0.39, 0.29) is 29.0 Å². The quantitative estimate of drug-likeness (QED) is 0.592. The molecular weight excluding hydrogens is 280 g/mol. The van der Waals surface area contributed by atoms with Crippen LogP contribution in [0.1, 0.15) is 39.0 Å². The fraction of sp³-hybridized carbons (Fsp3) is 0.722. The van der Waals surface area contributed by atoms with Crippen molar-refractivity contribution in [2.24, 2.45) is 5.92 Å². The zero-order chi connectivity index (χ0) is 15.4. The molecule has 120 valence electrons. The highest BCUT2D eigenvalue weighted by Crippen LogP contribution is 2.57. The summed E-state index contributed by atoms with van der Waals surface area (Å²) in [5, 5.41) is 0. The average Bonchev–Trinajstić information content (AvgIpc) is 3.35. The number of hydrogen-bond acceptors (Lipinski definition) is 4. The van der Waals surface area contributed by atoms with E-state index in [0.29, 0.717) is 6.61 Å². The maximum atomic E-state index is 12.2. The van der Waals surface area contributed by atoms with E-state index in [2.05, 4.69) is 13.0 Å². The summed E-state index contributed by atoms with van der Waals surface area (Å²) in [5.74, 6) is -0.0206. The van der Waals surface area contributed by atoms with Gasteiger partial charge in [-0.2, -0.15) is 0 Å². The van der Waals surface area contributed by atoms with Crippen LogP contribution >= 0.6 is 0 Å². The molecule has 0 aromatic heterocycles. The van der Waals surface area contributed by atoms with Gasteiger partial charge in [0.1, 0.15) is 17.3 Å². The Labute approximate surface area is 131 Å². The Hall–Kier alpha value is -0.970. The highest BCUT2D eigenvalue weighted by atomic mass is 16.6. The van der Waals surface area contributed by atoms with Crippen molar-refractivity contribution >= 4 is 5.78 Å². The van der Waals surface area contributed by atoms with E-state index < -0.39 is 6.10 Å². The number of allylic oxidation sites excluding steroid dienone is 1. The molecule has 1 saturated carbocycles. The Morgan fingerprint density at radius 3 is 2.77 bits per heavy atom. The van der Waals surface area contributed by atoms with Crippen LogP contribution in [0.2, 0.25) is 0 Å². The first-order valence-corrected chi connectivity index (χ1v) is 8.35. The molecule has 0 aromatic rings. The van der Waals surface area contributed by atoms with Crippen molar-refractivity contribution in [1.29, 1.82) is 0 Å². The fourth-order valence-electron chi connectivity index (χ4n) is 4.37. The Morgan fingerprint density at radius 1 is 1.41 bits per heavy atom. The molecule has 0 amide bonds. The molecule has 0 unspecified atom stereocenters. The zero-order valence-corrected chi connectivity index (χ0v) is 13.3. The molecule has 1 spiro atoms. The van der Waals surface area contributed by atoms with E-state index in [0.717, 1.165) is 6.42 Å². The van der Waals surface area contributed by atoms with Gasteiger partial charge in [0.05, 0.1) is 18.6 Å². The van der Waals surface area contributed by atoms with Gasteiger partial charge >= 0.3 is 0 Å². The van der Waals surface area contributed by atoms with Crippen LogP contribution in [0.15, 0.2) is 23.8 Å². The summed E-state index contributed by atoms with van der Waals surface area (Å²) in [6, 6.07) is 0. The molecule has 2 aliphatic heterocycles. The molecule has 2 aliphatic carbocycles. The van der Waals surface area contributed by atoms with Gasteiger partial charge in [0.25, 0.3) is 0 Å². The lowest BCUT2D eigenvalue weighted by atomic mass is 9.72. The van der Waals surface area contributed by atoms with Crippen molar-refractivity contribution in [2.45, 2.75) is 62.4 Å². The van der Waals surface area contributed by atoms with Crippen molar-refractivity contribution in [1.82, 2.24) is 0 Å². The summed E-state index contributed by atoms with van der Waals surface area (Å²) < 4.78 is 17.3. The summed E-state index contributed by atoms with van der Waals surface area (Å²) >= 11 is 0. The number of epoxide rings is 2. The molecule has 4 rings (SSSR count). The Bertz CT molecular complexity index is 537. The lowest BCUT2D eigenvalue weighted by Crippen LogP contribution is -2.50. The molecule has 0 radical (unpaired) electrons. The largest absolute Gasteiger partial charge is 0.373 e. The second-order valence-electron chi connectivity index (χ2n) is 7.21. The molecule has 0 aromatic carbocycles. The normalized spacial score (nSPS) is 46.4. The summed E-state index contributed by atoms with van der Waals surface area (Å²) in [7, 11) is 1.60. The second kappa shape index (κ2) is 5.02. The van der Waals surface area contributed by atoms with Gasteiger partial charge in [-0.3, -0.25) is 4.79 Å². The van der Waals surface area contributed by atoms with E-state index in [1.54, 1.807) is 18.8 Å². The first kappa shape index (κ1) is 14.6. The third-order valence-corrected chi connectivity index (χ3v) is 5.83. The number of rotatable bonds is 4. The molecule has 4 aliphatic rings. The van der Waals surface area contributed by atoms with Crippen LogP contribution in [0, 0.1) is 5.92 Å². The monoisotopic (exact) mass is 304 g/mol. The Kier molecular flexibility index (Phi) is 3.33. The van der Waals surface area contributed by atoms with Crippen LogP contribution in [-0.4, -0.2) is 42.9 Å². The maximum Gasteiger partial charge on any atom is 0.184 e. The third-order valence-electron chi connectivity index (χ3n) is 5.83. The minimum Gasteiger partial charge on any atom is -0.373 e. The van der Waals surface area contributed by atoms with Crippen LogP contribution in [0.5, 0.6) is 0 Å². The number of hydrogen-bond donors (Lipinski definition) is 0. The van der Waals surface area contributed by atoms with Crippen molar-refractivity contribution in [3.8, 4) is 0 Å². The van der Waals surface area contributed by atoms with Crippen LogP contribution < -0.4 is 0 Å². The summed E-state index contributed by atoms with van der Waals surface area (Å²) in [6.07, 6.45) is 11.6. The van der Waals surface area contributed by atoms with Crippen molar-refractivity contribution < 1.29 is 19.0 Å². The first-order valence-electron chi connectivity index (χ1n) is 8.35. The number of ketones is 1. The lowest BCUT2D eigenvalue weighted by Gasteiger charge is -2.34. The van der Waals surface area contributed by atoms with E-state index in [4.69, 9.17) is 14.2 Å². The van der Waals surface area contributed by atoms with Crippen LogP contribution in [-0.2, 0) is 19.0 Å². The Balaban J connectivity index is 1.52. The van der Waals surface area contributed by atoms with Gasteiger partial charge in [-0.1, -0.05) is 11.6 Å². The lowest BCUT2D eigenvalue weighted by molar-refractivity contribution is -0.132. The summed E-state index contributed by atoms with van der Waals surface area (Å²) in [5.41, 5.74) is 0.893. The third kappa shape index (κ3) is 2.20. The van der Waals surface area contributed by atoms with Crippen LogP contribution in [0.25, 0.3) is 0 Å². The van der Waals surface area contributed by atoms with Crippen molar-refractivity contribution in [3.63, 3.8) is 0 Å². The number of carbonyl (C=O) groups excluding carboxylic acids is 1. The van der Waals surface area contributed by atoms with Gasteiger partial charge in [-0.05, 0) is 51.2 Å². The highest BCUT2D eigenvalue weighted by molar-refractivity contribution is 5.95. The Morgan fingerprint density at radius 2 is 2.14 bits per heavy atom. The van der Waals surface area contributed by atoms with Crippen molar-refractivity contribution in [2.75, 3.05) is 13.7 Å². The summed E-state index contributed by atoms with van der Waals surface area (Å²) in [6.45, 7) is 2.77. The van der Waals surface area contributed by atoms with Gasteiger partial charge in [0.15, 0.2) is 5.78 Å². The van der Waals surface area contributed by atoms with Gasteiger partial charge in [-0.25, -0.2) is 0 Å². The van der Waals surface area contributed by atoms with Crippen LogP contribution in [0.3, 0.4) is 0 Å².